The number of aliphatic hydroxyl groups is 1. The van der Waals surface area contributed by atoms with Crippen molar-refractivity contribution >= 4 is 16.7 Å². The lowest BCUT2D eigenvalue weighted by Crippen LogP contribution is -2.41. The number of hydrogen-bond acceptors (Lipinski definition) is 5. The number of hydrogen-bond donors (Lipinski definition) is 1. The molecule has 0 aliphatic carbocycles. The zero-order valence-electron chi connectivity index (χ0n) is 16.0. The molecule has 0 spiro atoms. The second-order valence-electron chi connectivity index (χ2n) is 7.42. The lowest BCUT2D eigenvalue weighted by atomic mass is 10.1. The van der Waals surface area contributed by atoms with Gasteiger partial charge < -0.3 is 10.0 Å². The predicted octanol–water partition coefficient (Wildman–Crippen LogP) is 3.14. The van der Waals surface area contributed by atoms with Crippen LogP contribution in [0.5, 0.6) is 0 Å². The highest BCUT2D eigenvalue weighted by Gasteiger charge is 2.24. The summed E-state index contributed by atoms with van der Waals surface area (Å²) in [5, 5.41) is 11.0. The number of nitrogens with zero attached hydrogens (tertiary/aromatic N) is 4. The molecule has 0 saturated heterocycles. The Balaban J connectivity index is 1.62. The largest absolute Gasteiger partial charge is 0.394 e. The van der Waals surface area contributed by atoms with E-state index in [2.05, 4.69) is 45.1 Å². The molecule has 3 aromatic rings. The molecule has 0 bridgehead atoms. The molecule has 0 amide bonds. The van der Waals surface area contributed by atoms with Crippen LogP contribution in [0.1, 0.15) is 23.2 Å². The Morgan fingerprint density at radius 2 is 2.04 bits per heavy atom. The highest BCUT2D eigenvalue weighted by atomic mass is 16.3. The summed E-state index contributed by atoms with van der Waals surface area (Å²) in [5.74, 6) is 0.982. The van der Waals surface area contributed by atoms with Gasteiger partial charge in [-0.1, -0.05) is 24.3 Å². The predicted molar refractivity (Wildman–Crippen MR) is 109 cm³/mol. The number of pyridine rings is 2. The number of rotatable bonds is 3. The number of aromatic nitrogens is 2. The van der Waals surface area contributed by atoms with Gasteiger partial charge in [0.15, 0.2) is 0 Å². The van der Waals surface area contributed by atoms with Crippen molar-refractivity contribution in [3.05, 3.63) is 65.5 Å². The Morgan fingerprint density at radius 3 is 2.89 bits per heavy atom. The van der Waals surface area contributed by atoms with Gasteiger partial charge in [-0.25, -0.2) is 4.98 Å². The Morgan fingerprint density at radius 1 is 1.19 bits per heavy atom. The minimum absolute atomic E-state index is 0.0792. The molecule has 3 heterocycles. The summed E-state index contributed by atoms with van der Waals surface area (Å²) in [6.45, 7) is 4.76. The first-order chi connectivity index (χ1) is 13.1. The maximum absolute atomic E-state index is 9.87. The van der Waals surface area contributed by atoms with Crippen molar-refractivity contribution in [2.45, 2.75) is 32.5 Å². The minimum atomic E-state index is 0.0792. The summed E-state index contributed by atoms with van der Waals surface area (Å²) in [6.07, 6.45) is 2.88. The molecular weight excluding hydrogens is 336 g/mol. The average Bonchev–Trinajstić information content (AvgIpc) is 2.68. The number of para-hydroxylation sites is 1. The van der Waals surface area contributed by atoms with Gasteiger partial charge in [-0.3, -0.25) is 9.88 Å². The summed E-state index contributed by atoms with van der Waals surface area (Å²) in [7, 11) is 2.04. The first-order valence-electron chi connectivity index (χ1n) is 9.50. The molecular formula is C22H26N4O. The van der Waals surface area contributed by atoms with Crippen LogP contribution in [0.25, 0.3) is 10.9 Å². The van der Waals surface area contributed by atoms with Gasteiger partial charge in [0.05, 0.1) is 18.2 Å². The first kappa shape index (κ1) is 17.9. The van der Waals surface area contributed by atoms with Crippen molar-refractivity contribution in [3.63, 3.8) is 0 Å². The van der Waals surface area contributed by atoms with Crippen molar-refractivity contribution < 1.29 is 5.11 Å². The third kappa shape index (κ3) is 3.80. The average molecular weight is 362 g/mol. The van der Waals surface area contributed by atoms with Gasteiger partial charge in [0.2, 0.25) is 0 Å². The van der Waals surface area contributed by atoms with E-state index in [4.69, 9.17) is 4.98 Å². The molecule has 4 rings (SSSR count). The zero-order valence-corrected chi connectivity index (χ0v) is 16.0. The van der Waals surface area contributed by atoms with Crippen LogP contribution in [-0.2, 0) is 13.1 Å². The SMILES string of the molecule is Cc1ccc2c(n1)N(C)[C@H](CO)CCN(Cc1cnc3ccccc3c1)C2. The number of anilines is 1. The van der Waals surface area contributed by atoms with Gasteiger partial charge in [-0.2, -0.15) is 0 Å². The number of aliphatic hydroxyl groups excluding tert-OH is 1. The Labute approximate surface area is 160 Å². The van der Waals surface area contributed by atoms with Crippen molar-refractivity contribution in [2.75, 3.05) is 25.1 Å². The molecule has 2 aromatic heterocycles. The number of fused-ring (bicyclic) bond motifs is 2. The molecule has 140 valence electrons. The second kappa shape index (κ2) is 7.62. The molecule has 0 unspecified atom stereocenters. The van der Waals surface area contributed by atoms with Crippen molar-refractivity contribution in [3.8, 4) is 0 Å². The van der Waals surface area contributed by atoms with Gasteiger partial charge in [0.1, 0.15) is 5.82 Å². The fourth-order valence-electron chi connectivity index (χ4n) is 3.83. The molecule has 27 heavy (non-hydrogen) atoms. The minimum Gasteiger partial charge on any atom is -0.394 e. The van der Waals surface area contributed by atoms with E-state index in [0.29, 0.717) is 0 Å². The Kier molecular flexibility index (Phi) is 5.05. The monoisotopic (exact) mass is 362 g/mol. The zero-order chi connectivity index (χ0) is 18.8. The van der Waals surface area contributed by atoms with E-state index in [-0.39, 0.29) is 12.6 Å². The van der Waals surface area contributed by atoms with Crippen LogP contribution in [-0.4, -0.2) is 46.2 Å². The topological polar surface area (TPSA) is 52.5 Å². The smallest absolute Gasteiger partial charge is 0.133 e. The standard InChI is InChI=1S/C22H26N4O/c1-16-7-8-19-14-26(10-9-20(15-27)25(2)22(19)24-16)13-17-11-18-5-3-4-6-21(18)23-12-17/h3-8,11-12,20,27H,9-10,13-15H2,1-2H3/t20-/m0/s1. The van der Waals surface area contributed by atoms with Crippen molar-refractivity contribution in [1.29, 1.82) is 0 Å². The summed E-state index contributed by atoms with van der Waals surface area (Å²) in [5.41, 5.74) is 4.45. The van der Waals surface area contributed by atoms with Gasteiger partial charge in [0.25, 0.3) is 0 Å². The molecule has 1 N–H and O–H groups in total. The Bertz CT molecular complexity index is 942. The van der Waals surface area contributed by atoms with Gasteiger partial charge >= 0.3 is 0 Å². The maximum Gasteiger partial charge on any atom is 0.133 e. The third-order valence-electron chi connectivity index (χ3n) is 5.41. The highest BCUT2D eigenvalue weighted by molar-refractivity contribution is 5.78. The van der Waals surface area contributed by atoms with E-state index in [1.807, 2.05) is 32.3 Å². The molecule has 1 atom stereocenters. The van der Waals surface area contributed by atoms with E-state index in [0.717, 1.165) is 43.1 Å². The molecule has 0 radical (unpaired) electrons. The van der Waals surface area contributed by atoms with Crippen LogP contribution in [0.3, 0.4) is 0 Å². The van der Waals surface area contributed by atoms with Crippen LogP contribution in [0.2, 0.25) is 0 Å². The quantitative estimate of drug-likeness (QED) is 0.776. The second-order valence-corrected chi connectivity index (χ2v) is 7.42. The van der Waals surface area contributed by atoms with E-state index < -0.39 is 0 Å². The number of aryl methyl sites for hydroxylation is 1. The van der Waals surface area contributed by atoms with Crippen LogP contribution in [0.4, 0.5) is 5.82 Å². The number of benzene rings is 1. The molecule has 5 heteroatoms. The summed E-state index contributed by atoms with van der Waals surface area (Å²) in [4.78, 5) is 13.9. The Hall–Kier alpha value is -2.50. The maximum atomic E-state index is 9.87. The fraction of sp³-hybridized carbons (Fsp3) is 0.364. The molecule has 0 fully saturated rings. The van der Waals surface area contributed by atoms with E-state index in [1.54, 1.807) is 0 Å². The highest BCUT2D eigenvalue weighted by Crippen LogP contribution is 2.26. The van der Waals surface area contributed by atoms with Crippen LogP contribution in [0, 0.1) is 6.92 Å². The lowest BCUT2D eigenvalue weighted by molar-refractivity contribution is 0.205. The van der Waals surface area contributed by atoms with Crippen molar-refractivity contribution in [1.82, 2.24) is 14.9 Å². The molecule has 0 saturated carbocycles. The summed E-state index contributed by atoms with van der Waals surface area (Å²) in [6, 6.07) is 14.8. The molecule has 1 aromatic carbocycles. The van der Waals surface area contributed by atoms with E-state index in [1.165, 1.54) is 16.5 Å². The molecule has 1 aliphatic heterocycles. The van der Waals surface area contributed by atoms with E-state index >= 15 is 0 Å². The van der Waals surface area contributed by atoms with Gasteiger partial charge in [0, 0.05) is 49.5 Å². The normalized spacial score (nSPS) is 18.2. The van der Waals surface area contributed by atoms with Gasteiger partial charge in [-0.05, 0) is 37.1 Å². The summed E-state index contributed by atoms with van der Waals surface area (Å²) >= 11 is 0. The van der Waals surface area contributed by atoms with Crippen LogP contribution >= 0.6 is 0 Å². The number of likely N-dealkylation sites (N-methyl/N-ethyl adjacent to an activating group) is 1. The van der Waals surface area contributed by atoms with E-state index in [9.17, 15) is 5.11 Å². The van der Waals surface area contributed by atoms with Crippen LogP contribution in [0.15, 0.2) is 48.7 Å². The van der Waals surface area contributed by atoms with Gasteiger partial charge in [-0.15, -0.1) is 0 Å². The summed E-state index contributed by atoms with van der Waals surface area (Å²) < 4.78 is 0. The lowest BCUT2D eigenvalue weighted by Gasteiger charge is -2.35. The third-order valence-corrected chi connectivity index (χ3v) is 5.41. The first-order valence-corrected chi connectivity index (χ1v) is 9.50. The van der Waals surface area contributed by atoms with Crippen molar-refractivity contribution in [2.24, 2.45) is 0 Å². The van der Waals surface area contributed by atoms with Crippen LogP contribution < -0.4 is 4.90 Å². The fourth-order valence-corrected chi connectivity index (χ4v) is 3.83. The molecule has 1 aliphatic rings. The molecule has 5 nitrogen and oxygen atoms in total.